The first kappa shape index (κ1) is 15.9. The Morgan fingerprint density at radius 3 is 1.52 bits per heavy atom. The van der Waals surface area contributed by atoms with E-state index in [1.165, 1.54) is 0 Å². The van der Waals surface area contributed by atoms with Crippen LogP contribution in [-0.2, 0) is 4.79 Å². The number of carbonyl (C=O) groups excluding carboxylic acids is 1. The van der Waals surface area contributed by atoms with Gasteiger partial charge in [-0.2, -0.15) is 0 Å². The van der Waals surface area contributed by atoms with Crippen molar-refractivity contribution in [1.29, 1.82) is 0 Å². The lowest BCUT2D eigenvalue weighted by Gasteiger charge is -2.33. The van der Waals surface area contributed by atoms with Crippen molar-refractivity contribution in [3.05, 3.63) is 71.8 Å². The van der Waals surface area contributed by atoms with Crippen molar-refractivity contribution in [3.63, 3.8) is 0 Å². The number of ketones is 1. The van der Waals surface area contributed by atoms with Gasteiger partial charge in [-0.05, 0) is 24.0 Å². The summed E-state index contributed by atoms with van der Waals surface area (Å²) >= 11 is 0. The first-order valence-electron chi connectivity index (χ1n) is 8.18. The van der Waals surface area contributed by atoms with Crippen molar-refractivity contribution in [3.8, 4) is 0 Å². The lowest BCUT2D eigenvalue weighted by Crippen LogP contribution is -2.35. The zero-order chi connectivity index (χ0) is 16.2. The molecule has 4 atom stereocenters. The van der Waals surface area contributed by atoms with Crippen LogP contribution < -0.4 is 0 Å². The summed E-state index contributed by atoms with van der Waals surface area (Å²) in [6, 6.07) is 18.6. The van der Waals surface area contributed by atoms with E-state index in [9.17, 15) is 15.0 Å². The molecule has 0 aliphatic heterocycles. The van der Waals surface area contributed by atoms with Gasteiger partial charge in [0.2, 0.25) is 0 Å². The third-order valence-corrected chi connectivity index (χ3v) is 4.81. The van der Waals surface area contributed by atoms with Gasteiger partial charge >= 0.3 is 0 Å². The Labute approximate surface area is 136 Å². The highest BCUT2D eigenvalue weighted by Gasteiger charge is 2.39. The fourth-order valence-electron chi connectivity index (χ4n) is 3.51. The Bertz CT molecular complexity index is 583. The Hall–Kier alpha value is -1.97. The SMILES string of the molecule is O=C1[C@@H]([C@H](O)c2ccccc2)CCC[C@@H]1[C@@H](O)c1ccccc1. The maximum atomic E-state index is 12.8. The normalized spacial score (nSPS) is 24.2. The van der Waals surface area contributed by atoms with Crippen LogP contribution in [-0.4, -0.2) is 16.0 Å². The van der Waals surface area contributed by atoms with Crippen molar-refractivity contribution in [1.82, 2.24) is 0 Å². The summed E-state index contributed by atoms with van der Waals surface area (Å²) in [5, 5.41) is 21.2. The van der Waals surface area contributed by atoms with Crippen LogP contribution in [0, 0.1) is 11.8 Å². The fourth-order valence-corrected chi connectivity index (χ4v) is 3.51. The summed E-state index contributed by atoms with van der Waals surface area (Å²) in [7, 11) is 0. The van der Waals surface area contributed by atoms with E-state index in [4.69, 9.17) is 0 Å². The van der Waals surface area contributed by atoms with Gasteiger partial charge in [-0.1, -0.05) is 67.1 Å². The molecule has 120 valence electrons. The molecule has 0 unspecified atom stereocenters. The molecular weight excluding hydrogens is 288 g/mol. The first-order chi connectivity index (χ1) is 11.2. The van der Waals surface area contributed by atoms with E-state index in [1.807, 2.05) is 60.7 Å². The second-order valence-corrected chi connectivity index (χ2v) is 6.26. The van der Waals surface area contributed by atoms with Crippen LogP contribution >= 0.6 is 0 Å². The third-order valence-electron chi connectivity index (χ3n) is 4.81. The minimum atomic E-state index is -0.797. The van der Waals surface area contributed by atoms with Gasteiger partial charge in [0.15, 0.2) is 0 Å². The molecule has 2 aromatic rings. The number of Topliss-reactive ketones (excluding diaryl/α,β-unsaturated/α-hetero) is 1. The summed E-state index contributed by atoms with van der Waals surface area (Å²) in [6.45, 7) is 0. The molecule has 23 heavy (non-hydrogen) atoms. The van der Waals surface area contributed by atoms with Crippen LogP contribution in [0.5, 0.6) is 0 Å². The molecule has 1 aliphatic carbocycles. The molecule has 3 rings (SSSR count). The van der Waals surface area contributed by atoms with Crippen molar-refractivity contribution in [2.45, 2.75) is 31.5 Å². The van der Waals surface area contributed by atoms with E-state index in [2.05, 4.69) is 0 Å². The van der Waals surface area contributed by atoms with E-state index in [0.29, 0.717) is 12.8 Å². The van der Waals surface area contributed by atoms with Crippen LogP contribution in [0.1, 0.15) is 42.6 Å². The largest absolute Gasteiger partial charge is 0.388 e. The average Bonchev–Trinajstić information content (AvgIpc) is 2.62. The minimum Gasteiger partial charge on any atom is -0.388 e. The topological polar surface area (TPSA) is 57.5 Å². The van der Waals surface area contributed by atoms with Crippen LogP contribution in [0.4, 0.5) is 0 Å². The van der Waals surface area contributed by atoms with Crippen molar-refractivity contribution >= 4 is 5.78 Å². The molecule has 1 saturated carbocycles. The van der Waals surface area contributed by atoms with Crippen molar-refractivity contribution < 1.29 is 15.0 Å². The van der Waals surface area contributed by atoms with Gasteiger partial charge in [-0.25, -0.2) is 0 Å². The van der Waals surface area contributed by atoms with E-state index < -0.39 is 24.0 Å². The number of hydrogen-bond acceptors (Lipinski definition) is 3. The van der Waals surface area contributed by atoms with Crippen LogP contribution in [0.2, 0.25) is 0 Å². The number of carbonyl (C=O) groups is 1. The Morgan fingerprint density at radius 2 is 1.13 bits per heavy atom. The number of aliphatic hydroxyl groups excluding tert-OH is 2. The van der Waals surface area contributed by atoms with Gasteiger partial charge in [0, 0.05) is 11.8 Å². The molecule has 3 nitrogen and oxygen atoms in total. The standard InChI is InChI=1S/C20H22O3/c21-18(14-8-3-1-4-9-14)16-12-7-13-17(20(16)23)19(22)15-10-5-2-6-11-15/h1-6,8-11,16-19,21-22H,7,12-13H2/t16-,17-,18-,19+/m1/s1. The number of benzene rings is 2. The first-order valence-corrected chi connectivity index (χ1v) is 8.18. The van der Waals surface area contributed by atoms with Gasteiger partial charge in [0.25, 0.3) is 0 Å². The summed E-state index contributed by atoms with van der Waals surface area (Å²) in [5.41, 5.74) is 1.53. The molecule has 0 amide bonds. The summed E-state index contributed by atoms with van der Waals surface area (Å²) in [4.78, 5) is 12.8. The van der Waals surface area contributed by atoms with Crippen molar-refractivity contribution in [2.24, 2.45) is 11.8 Å². The molecule has 0 bridgehead atoms. The molecule has 1 fully saturated rings. The second kappa shape index (κ2) is 7.07. The molecule has 0 aromatic heterocycles. The van der Waals surface area contributed by atoms with E-state index in [-0.39, 0.29) is 5.78 Å². The minimum absolute atomic E-state index is 0.0241. The molecule has 0 saturated heterocycles. The molecule has 0 radical (unpaired) electrons. The molecule has 1 aliphatic rings. The monoisotopic (exact) mass is 310 g/mol. The maximum Gasteiger partial charge on any atom is 0.144 e. The van der Waals surface area contributed by atoms with E-state index in [0.717, 1.165) is 17.5 Å². The van der Waals surface area contributed by atoms with Crippen LogP contribution in [0.15, 0.2) is 60.7 Å². The molecule has 0 spiro atoms. The fraction of sp³-hybridized carbons (Fsp3) is 0.350. The van der Waals surface area contributed by atoms with E-state index >= 15 is 0 Å². The van der Waals surface area contributed by atoms with Gasteiger partial charge in [-0.15, -0.1) is 0 Å². The van der Waals surface area contributed by atoms with Gasteiger partial charge in [-0.3, -0.25) is 4.79 Å². The molecule has 2 aromatic carbocycles. The highest BCUT2D eigenvalue weighted by Crippen LogP contribution is 2.39. The molecule has 0 heterocycles. The van der Waals surface area contributed by atoms with Crippen molar-refractivity contribution in [2.75, 3.05) is 0 Å². The zero-order valence-electron chi connectivity index (χ0n) is 13.0. The molecule has 2 N–H and O–H groups in total. The quantitative estimate of drug-likeness (QED) is 0.909. The lowest BCUT2D eigenvalue weighted by atomic mass is 9.73. The van der Waals surface area contributed by atoms with Gasteiger partial charge in [0.05, 0.1) is 12.2 Å². The summed E-state index contributed by atoms with van der Waals surface area (Å²) in [6.07, 6.45) is 0.596. The number of aliphatic hydroxyl groups is 2. The Kier molecular flexibility index (Phi) is 4.89. The highest BCUT2D eigenvalue weighted by molar-refractivity contribution is 5.85. The smallest absolute Gasteiger partial charge is 0.144 e. The average molecular weight is 310 g/mol. The maximum absolute atomic E-state index is 12.8. The van der Waals surface area contributed by atoms with Gasteiger partial charge < -0.3 is 10.2 Å². The van der Waals surface area contributed by atoms with E-state index in [1.54, 1.807) is 0 Å². The molecular formula is C20H22O3. The Morgan fingerprint density at radius 1 is 0.739 bits per heavy atom. The number of rotatable bonds is 4. The second-order valence-electron chi connectivity index (χ2n) is 6.26. The zero-order valence-corrected chi connectivity index (χ0v) is 13.0. The van der Waals surface area contributed by atoms with Gasteiger partial charge in [0.1, 0.15) is 5.78 Å². The Balaban J connectivity index is 1.79. The molecule has 3 heteroatoms. The number of hydrogen-bond donors (Lipinski definition) is 2. The summed E-state index contributed by atoms with van der Waals surface area (Å²) in [5.74, 6) is -0.895. The van der Waals surface area contributed by atoms with Crippen LogP contribution in [0.25, 0.3) is 0 Å². The van der Waals surface area contributed by atoms with Crippen LogP contribution in [0.3, 0.4) is 0 Å². The summed E-state index contributed by atoms with van der Waals surface area (Å²) < 4.78 is 0. The predicted octanol–water partition coefficient (Wildman–Crippen LogP) is 3.44. The highest BCUT2D eigenvalue weighted by atomic mass is 16.3. The lowest BCUT2D eigenvalue weighted by molar-refractivity contribution is -0.138. The predicted molar refractivity (Wildman–Crippen MR) is 88.6 cm³/mol. The third kappa shape index (κ3) is 3.36.